The van der Waals surface area contributed by atoms with E-state index < -0.39 is 16.1 Å². The summed E-state index contributed by atoms with van der Waals surface area (Å²) in [6, 6.07) is 14.4. The molecule has 2 aromatic rings. The Labute approximate surface area is 180 Å². The van der Waals surface area contributed by atoms with E-state index in [2.05, 4.69) is 23.5 Å². The molecular formula is C24H32N2O3S. The van der Waals surface area contributed by atoms with Crippen LogP contribution in [0.1, 0.15) is 62.3 Å². The molecule has 6 heteroatoms. The summed E-state index contributed by atoms with van der Waals surface area (Å²) in [4.78, 5) is 13.2. The largest absolute Gasteiger partial charge is 0.347 e. The molecule has 0 aromatic heterocycles. The quantitative estimate of drug-likeness (QED) is 0.679. The molecule has 1 amide bonds. The van der Waals surface area contributed by atoms with E-state index in [1.165, 1.54) is 28.3 Å². The lowest BCUT2D eigenvalue weighted by Crippen LogP contribution is -2.50. The lowest BCUT2D eigenvalue weighted by molar-refractivity contribution is -0.123. The molecule has 0 saturated carbocycles. The number of nitrogens with one attached hydrogen (secondary N) is 1. The third kappa shape index (κ3) is 5.04. The Morgan fingerprint density at radius 3 is 2.27 bits per heavy atom. The molecule has 30 heavy (non-hydrogen) atoms. The summed E-state index contributed by atoms with van der Waals surface area (Å²) in [5, 5.41) is 3.12. The molecule has 162 valence electrons. The van der Waals surface area contributed by atoms with Crippen molar-refractivity contribution in [1.29, 1.82) is 0 Å². The zero-order chi connectivity index (χ0) is 21.7. The van der Waals surface area contributed by atoms with Crippen molar-refractivity contribution >= 4 is 21.6 Å². The minimum Gasteiger partial charge on any atom is -0.347 e. The predicted octanol–water partition coefficient (Wildman–Crippen LogP) is 4.38. The summed E-state index contributed by atoms with van der Waals surface area (Å²) in [5.74, 6) is -0.267. The lowest BCUT2D eigenvalue weighted by atomic mass is 9.88. The van der Waals surface area contributed by atoms with Gasteiger partial charge in [0.05, 0.1) is 18.0 Å². The number of anilines is 1. The number of aryl methyl sites for hydroxylation is 2. The maximum Gasteiger partial charge on any atom is 0.244 e. The van der Waals surface area contributed by atoms with Crippen LogP contribution in [0.5, 0.6) is 0 Å². The van der Waals surface area contributed by atoms with Crippen molar-refractivity contribution < 1.29 is 13.2 Å². The summed E-state index contributed by atoms with van der Waals surface area (Å²) in [6.07, 6.45) is 6.92. The summed E-state index contributed by atoms with van der Waals surface area (Å²) in [7, 11) is -3.62. The van der Waals surface area contributed by atoms with Crippen molar-refractivity contribution in [3.8, 4) is 0 Å². The van der Waals surface area contributed by atoms with Gasteiger partial charge >= 0.3 is 0 Å². The standard InChI is InChI=1S/C24H32N2O3S/c1-4-22(20-16-15-18-11-9-10-12-19(18)17-20)25-24(27)23(5-2)26(30(3,28)29)21-13-7-6-8-14-21/h6-8,13-17,22-23H,4-5,9-12H2,1-3H3,(H,25,27)/t22-,23+/m1/s1. The van der Waals surface area contributed by atoms with Crippen LogP contribution in [0.25, 0.3) is 0 Å². The minimum atomic E-state index is -3.62. The zero-order valence-corrected chi connectivity index (χ0v) is 18.9. The van der Waals surface area contributed by atoms with Crippen LogP contribution in [-0.4, -0.2) is 26.6 Å². The third-order valence-electron chi connectivity index (χ3n) is 5.84. The normalized spacial score (nSPS) is 15.7. The van der Waals surface area contributed by atoms with Crippen LogP contribution in [0.15, 0.2) is 48.5 Å². The first-order valence-electron chi connectivity index (χ1n) is 10.8. The van der Waals surface area contributed by atoms with Crippen LogP contribution in [0.3, 0.4) is 0 Å². The molecule has 0 aliphatic heterocycles. The van der Waals surface area contributed by atoms with Crippen molar-refractivity contribution in [2.45, 2.75) is 64.5 Å². The Morgan fingerprint density at radius 2 is 1.67 bits per heavy atom. The molecule has 5 nitrogen and oxygen atoms in total. The smallest absolute Gasteiger partial charge is 0.244 e. The van der Waals surface area contributed by atoms with E-state index in [9.17, 15) is 13.2 Å². The van der Waals surface area contributed by atoms with Gasteiger partial charge in [-0.15, -0.1) is 0 Å². The second-order valence-electron chi connectivity index (χ2n) is 8.02. The highest BCUT2D eigenvalue weighted by Crippen LogP contribution is 2.27. The number of para-hydroxylation sites is 1. The van der Waals surface area contributed by atoms with Crippen LogP contribution in [0.2, 0.25) is 0 Å². The Morgan fingerprint density at radius 1 is 1.00 bits per heavy atom. The van der Waals surface area contributed by atoms with E-state index in [-0.39, 0.29) is 11.9 Å². The number of amides is 1. The fourth-order valence-electron chi connectivity index (χ4n) is 4.29. The second kappa shape index (κ2) is 9.65. The zero-order valence-electron chi connectivity index (χ0n) is 18.1. The molecule has 2 aromatic carbocycles. The summed E-state index contributed by atoms with van der Waals surface area (Å²) in [5.41, 5.74) is 4.38. The highest BCUT2D eigenvalue weighted by atomic mass is 32.2. The number of sulfonamides is 1. The van der Waals surface area contributed by atoms with Crippen molar-refractivity contribution in [3.05, 3.63) is 65.2 Å². The Balaban J connectivity index is 1.85. The van der Waals surface area contributed by atoms with E-state index in [1.54, 1.807) is 24.3 Å². The van der Waals surface area contributed by atoms with Crippen LogP contribution >= 0.6 is 0 Å². The van der Waals surface area contributed by atoms with Gasteiger partial charge in [-0.25, -0.2) is 8.42 Å². The van der Waals surface area contributed by atoms with Crippen LogP contribution < -0.4 is 9.62 Å². The van der Waals surface area contributed by atoms with Gasteiger partial charge in [-0.1, -0.05) is 50.2 Å². The van der Waals surface area contributed by atoms with Crippen molar-refractivity contribution in [2.75, 3.05) is 10.6 Å². The average molecular weight is 429 g/mol. The van der Waals surface area contributed by atoms with Crippen LogP contribution in [-0.2, 0) is 27.7 Å². The number of carbonyl (C=O) groups excluding carboxylic acids is 1. The molecule has 0 saturated heterocycles. The minimum absolute atomic E-state index is 0.143. The average Bonchev–Trinajstić information content (AvgIpc) is 2.74. The molecule has 0 fully saturated rings. The maximum absolute atomic E-state index is 13.2. The van der Waals surface area contributed by atoms with Gasteiger partial charge in [0, 0.05) is 0 Å². The third-order valence-corrected chi connectivity index (χ3v) is 7.02. The van der Waals surface area contributed by atoms with E-state index in [4.69, 9.17) is 0 Å². The molecule has 1 aliphatic carbocycles. The Bertz CT molecular complexity index is 973. The van der Waals surface area contributed by atoms with E-state index in [0.29, 0.717) is 12.1 Å². The highest BCUT2D eigenvalue weighted by Gasteiger charge is 2.32. The molecular weight excluding hydrogens is 396 g/mol. The number of rotatable bonds is 8. The molecule has 1 aliphatic rings. The van der Waals surface area contributed by atoms with Gasteiger partial charge in [0.1, 0.15) is 6.04 Å². The maximum atomic E-state index is 13.2. The van der Waals surface area contributed by atoms with Gasteiger partial charge in [-0.2, -0.15) is 0 Å². The van der Waals surface area contributed by atoms with Gasteiger partial charge < -0.3 is 5.32 Å². The van der Waals surface area contributed by atoms with Gasteiger partial charge in [0.25, 0.3) is 0 Å². The van der Waals surface area contributed by atoms with E-state index in [0.717, 1.165) is 31.1 Å². The number of carbonyl (C=O) groups is 1. The molecule has 0 spiro atoms. The number of fused-ring (bicyclic) bond motifs is 1. The van der Waals surface area contributed by atoms with Gasteiger partial charge in [-0.05, 0) is 67.3 Å². The van der Waals surface area contributed by atoms with Gasteiger partial charge in [0.2, 0.25) is 15.9 Å². The summed E-state index contributed by atoms with van der Waals surface area (Å²) in [6.45, 7) is 3.88. The second-order valence-corrected chi connectivity index (χ2v) is 9.88. The number of hydrogen-bond donors (Lipinski definition) is 1. The Kier molecular flexibility index (Phi) is 7.19. The SMILES string of the molecule is CC[C@@H](NC(=O)[C@H](CC)N(c1ccccc1)S(C)(=O)=O)c1ccc2c(c1)CCCC2. The first-order chi connectivity index (χ1) is 14.3. The monoisotopic (exact) mass is 428 g/mol. The van der Waals surface area contributed by atoms with Crippen molar-refractivity contribution in [2.24, 2.45) is 0 Å². The number of hydrogen-bond acceptors (Lipinski definition) is 3. The molecule has 0 radical (unpaired) electrons. The summed E-state index contributed by atoms with van der Waals surface area (Å²) >= 11 is 0. The lowest BCUT2D eigenvalue weighted by Gasteiger charge is -2.31. The molecule has 1 N–H and O–H groups in total. The molecule has 3 rings (SSSR count). The highest BCUT2D eigenvalue weighted by molar-refractivity contribution is 7.92. The first-order valence-corrected chi connectivity index (χ1v) is 12.7. The fraction of sp³-hybridized carbons (Fsp3) is 0.458. The first kappa shape index (κ1) is 22.3. The van der Waals surface area contributed by atoms with E-state index in [1.807, 2.05) is 19.9 Å². The van der Waals surface area contributed by atoms with Gasteiger partial charge in [0.15, 0.2) is 0 Å². The predicted molar refractivity (Wildman–Crippen MR) is 122 cm³/mol. The van der Waals surface area contributed by atoms with Crippen molar-refractivity contribution in [3.63, 3.8) is 0 Å². The number of nitrogens with zero attached hydrogens (tertiary/aromatic N) is 1. The molecule has 0 unspecified atom stereocenters. The van der Waals surface area contributed by atoms with Crippen LogP contribution in [0.4, 0.5) is 5.69 Å². The topological polar surface area (TPSA) is 66.5 Å². The Hall–Kier alpha value is -2.34. The van der Waals surface area contributed by atoms with E-state index >= 15 is 0 Å². The molecule has 0 heterocycles. The summed E-state index contributed by atoms with van der Waals surface area (Å²) < 4.78 is 26.4. The van der Waals surface area contributed by atoms with Crippen molar-refractivity contribution in [1.82, 2.24) is 5.32 Å². The molecule has 2 atom stereocenters. The number of benzene rings is 2. The van der Waals surface area contributed by atoms with Crippen LogP contribution in [0, 0.1) is 0 Å². The molecule has 0 bridgehead atoms. The fourth-order valence-corrected chi connectivity index (χ4v) is 5.51. The van der Waals surface area contributed by atoms with Gasteiger partial charge in [-0.3, -0.25) is 9.10 Å².